The lowest BCUT2D eigenvalue weighted by atomic mass is 10.3. The molecular formula is C15H22N6O2S3. The molecule has 0 spiro atoms. The Morgan fingerprint density at radius 3 is 2.69 bits per heavy atom. The highest BCUT2D eigenvalue weighted by Crippen LogP contribution is 2.20. The Hall–Kier alpha value is -1.69. The number of hydrogen-bond acceptors (Lipinski definition) is 7. The molecule has 0 bridgehead atoms. The van der Waals surface area contributed by atoms with E-state index in [1.807, 2.05) is 16.5 Å². The molecule has 142 valence electrons. The van der Waals surface area contributed by atoms with Crippen molar-refractivity contribution in [2.45, 2.75) is 4.21 Å². The second-order valence-corrected chi connectivity index (χ2v) is 9.88. The van der Waals surface area contributed by atoms with E-state index in [0.29, 0.717) is 23.3 Å². The molecule has 1 saturated heterocycles. The summed E-state index contributed by atoms with van der Waals surface area (Å²) in [6.07, 6.45) is 1.81. The topological polar surface area (TPSA) is 95.1 Å². The molecule has 0 unspecified atom stereocenters. The van der Waals surface area contributed by atoms with Crippen molar-refractivity contribution in [2.24, 2.45) is 10.7 Å². The molecule has 0 radical (unpaired) electrons. The fraction of sp³-hybridized carbons (Fsp3) is 0.467. The number of nitrogens with zero attached hydrogens (tertiary/aromatic N) is 5. The molecule has 1 fully saturated rings. The molecule has 3 rings (SSSR count). The zero-order chi connectivity index (χ0) is 18.6. The van der Waals surface area contributed by atoms with Gasteiger partial charge in [0.05, 0.1) is 6.54 Å². The molecular weight excluding hydrogens is 392 g/mol. The molecule has 2 aromatic heterocycles. The lowest BCUT2D eigenvalue weighted by molar-refractivity contribution is 0.379. The highest BCUT2D eigenvalue weighted by molar-refractivity contribution is 7.91. The van der Waals surface area contributed by atoms with Crippen molar-refractivity contribution in [1.29, 1.82) is 0 Å². The van der Waals surface area contributed by atoms with E-state index in [9.17, 15) is 8.42 Å². The van der Waals surface area contributed by atoms with Crippen LogP contribution in [0.2, 0.25) is 0 Å². The second-order valence-electron chi connectivity index (χ2n) is 5.79. The SMILES string of the molecule is CN(CCN=C(N)N1CCN(c2nccs2)CC1)S(=O)(=O)c1cccs1. The lowest BCUT2D eigenvalue weighted by Crippen LogP contribution is -2.51. The molecule has 8 nitrogen and oxygen atoms in total. The monoisotopic (exact) mass is 414 g/mol. The minimum Gasteiger partial charge on any atom is -0.370 e. The van der Waals surface area contributed by atoms with Crippen molar-refractivity contribution < 1.29 is 8.42 Å². The molecule has 3 heterocycles. The number of hydrogen-bond donors (Lipinski definition) is 1. The molecule has 11 heteroatoms. The van der Waals surface area contributed by atoms with E-state index in [4.69, 9.17) is 5.73 Å². The van der Waals surface area contributed by atoms with E-state index >= 15 is 0 Å². The van der Waals surface area contributed by atoms with Crippen molar-refractivity contribution in [3.8, 4) is 0 Å². The first kappa shape index (κ1) is 19.1. The molecule has 0 amide bonds. The molecule has 1 aliphatic rings. The Labute approximate surface area is 161 Å². The largest absolute Gasteiger partial charge is 0.370 e. The van der Waals surface area contributed by atoms with Crippen LogP contribution in [0.3, 0.4) is 0 Å². The molecule has 2 aromatic rings. The number of sulfonamides is 1. The van der Waals surface area contributed by atoms with Crippen LogP contribution in [0.25, 0.3) is 0 Å². The van der Waals surface area contributed by atoms with E-state index in [1.165, 1.54) is 15.6 Å². The normalized spacial score (nSPS) is 16.5. The maximum atomic E-state index is 12.4. The fourth-order valence-electron chi connectivity index (χ4n) is 2.59. The zero-order valence-electron chi connectivity index (χ0n) is 14.5. The van der Waals surface area contributed by atoms with Crippen LogP contribution >= 0.6 is 22.7 Å². The van der Waals surface area contributed by atoms with Gasteiger partial charge in [-0.25, -0.2) is 13.4 Å². The first-order chi connectivity index (χ1) is 12.5. The van der Waals surface area contributed by atoms with Gasteiger partial charge in [-0.3, -0.25) is 4.99 Å². The fourth-order valence-corrected chi connectivity index (χ4v) is 5.65. The summed E-state index contributed by atoms with van der Waals surface area (Å²) in [6, 6.07) is 3.34. The number of aromatic nitrogens is 1. The van der Waals surface area contributed by atoms with Crippen LogP contribution in [-0.2, 0) is 10.0 Å². The smallest absolute Gasteiger partial charge is 0.252 e. The Morgan fingerprint density at radius 1 is 1.31 bits per heavy atom. The predicted octanol–water partition coefficient (Wildman–Crippen LogP) is 0.962. The van der Waals surface area contributed by atoms with Crippen molar-refractivity contribution in [2.75, 3.05) is 51.2 Å². The predicted molar refractivity (Wildman–Crippen MR) is 107 cm³/mol. The number of likely N-dealkylation sites (N-methyl/N-ethyl adjacent to an activating group) is 1. The summed E-state index contributed by atoms with van der Waals surface area (Å²) < 4.78 is 26.4. The van der Waals surface area contributed by atoms with Gasteiger partial charge in [0.2, 0.25) is 0 Å². The van der Waals surface area contributed by atoms with Crippen molar-refractivity contribution in [1.82, 2.24) is 14.2 Å². The van der Waals surface area contributed by atoms with E-state index < -0.39 is 10.0 Å². The van der Waals surface area contributed by atoms with Gasteiger partial charge in [-0.1, -0.05) is 6.07 Å². The van der Waals surface area contributed by atoms with Crippen LogP contribution in [0.5, 0.6) is 0 Å². The Morgan fingerprint density at radius 2 is 2.08 bits per heavy atom. The first-order valence-electron chi connectivity index (χ1n) is 8.17. The summed E-state index contributed by atoms with van der Waals surface area (Å²) in [4.78, 5) is 12.9. The number of thiazole rings is 1. The highest BCUT2D eigenvalue weighted by atomic mass is 32.2. The van der Waals surface area contributed by atoms with Crippen molar-refractivity contribution in [3.63, 3.8) is 0 Å². The third-order valence-corrected chi connectivity index (χ3v) is 8.20. The lowest BCUT2D eigenvalue weighted by Gasteiger charge is -2.35. The van der Waals surface area contributed by atoms with Gasteiger partial charge in [-0.05, 0) is 11.4 Å². The van der Waals surface area contributed by atoms with Crippen LogP contribution in [0.4, 0.5) is 5.13 Å². The summed E-state index contributed by atoms with van der Waals surface area (Å²) in [5, 5.41) is 4.75. The summed E-state index contributed by atoms with van der Waals surface area (Å²) >= 11 is 2.84. The van der Waals surface area contributed by atoms with E-state index in [2.05, 4.69) is 14.9 Å². The van der Waals surface area contributed by atoms with Gasteiger partial charge in [0.25, 0.3) is 10.0 Å². The molecule has 1 aliphatic heterocycles. The van der Waals surface area contributed by atoms with Gasteiger partial charge in [-0.15, -0.1) is 22.7 Å². The number of aliphatic imine (C=N–C) groups is 1. The van der Waals surface area contributed by atoms with Gasteiger partial charge in [0, 0.05) is 51.3 Å². The Bertz CT molecular complexity index is 812. The Kier molecular flexibility index (Phi) is 6.12. The Balaban J connectivity index is 1.48. The number of anilines is 1. The maximum Gasteiger partial charge on any atom is 0.252 e. The number of guanidine groups is 1. The first-order valence-corrected chi connectivity index (χ1v) is 11.4. The third kappa shape index (κ3) is 4.34. The molecule has 0 aliphatic carbocycles. The average Bonchev–Trinajstić information content (AvgIpc) is 3.35. The van der Waals surface area contributed by atoms with Crippen LogP contribution < -0.4 is 10.6 Å². The van der Waals surface area contributed by atoms with E-state index in [1.54, 1.807) is 35.9 Å². The van der Waals surface area contributed by atoms with Gasteiger partial charge >= 0.3 is 0 Å². The summed E-state index contributed by atoms with van der Waals surface area (Å²) in [6.45, 7) is 3.86. The minimum atomic E-state index is -3.44. The number of thiophene rings is 1. The molecule has 26 heavy (non-hydrogen) atoms. The number of rotatable bonds is 6. The van der Waals surface area contributed by atoms with Crippen LogP contribution in [0.15, 0.2) is 38.3 Å². The zero-order valence-corrected chi connectivity index (χ0v) is 16.9. The van der Waals surface area contributed by atoms with Gasteiger partial charge < -0.3 is 15.5 Å². The molecule has 2 N–H and O–H groups in total. The number of piperazine rings is 1. The third-order valence-electron chi connectivity index (χ3n) is 4.14. The van der Waals surface area contributed by atoms with Crippen LogP contribution in [0, 0.1) is 0 Å². The molecule has 0 aromatic carbocycles. The molecule has 0 saturated carbocycles. The quantitative estimate of drug-likeness (QED) is 0.559. The van der Waals surface area contributed by atoms with Crippen molar-refractivity contribution in [3.05, 3.63) is 29.1 Å². The molecule has 0 atom stereocenters. The number of nitrogens with two attached hydrogens (primary N) is 1. The average molecular weight is 415 g/mol. The van der Waals surface area contributed by atoms with Gasteiger partial charge in [0.1, 0.15) is 4.21 Å². The second kappa shape index (κ2) is 8.33. The summed E-state index contributed by atoms with van der Waals surface area (Å²) in [5.74, 6) is 0.464. The van der Waals surface area contributed by atoms with E-state index in [0.717, 1.165) is 31.3 Å². The summed E-state index contributed by atoms with van der Waals surface area (Å²) in [7, 11) is -1.87. The van der Waals surface area contributed by atoms with E-state index in [-0.39, 0.29) is 0 Å². The maximum absolute atomic E-state index is 12.4. The highest BCUT2D eigenvalue weighted by Gasteiger charge is 2.22. The van der Waals surface area contributed by atoms with Gasteiger partial charge in [-0.2, -0.15) is 4.31 Å². The van der Waals surface area contributed by atoms with Crippen molar-refractivity contribution >= 4 is 43.8 Å². The van der Waals surface area contributed by atoms with Crippen LogP contribution in [-0.4, -0.2) is 74.9 Å². The minimum absolute atomic E-state index is 0.292. The summed E-state index contributed by atoms with van der Waals surface area (Å²) in [5.41, 5.74) is 6.08. The standard InChI is InChI=1S/C15H22N6O2S3/c1-19(26(22,23)13-3-2-11-24-13)6-4-17-14(16)20-7-9-21(10-8-20)15-18-5-12-25-15/h2-3,5,11-12H,4,6-10H2,1H3,(H2,16,17). The van der Waals surface area contributed by atoms with Gasteiger partial charge in [0.15, 0.2) is 11.1 Å². The van der Waals surface area contributed by atoms with Crippen LogP contribution in [0.1, 0.15) is 0 Å².